The van der Waals surface area contributed by atoms with E-state index in [1.807, 2.05) is 26.8 Å². The van der Waals surface area contributed by atoms with Crippen molar-refractivity contribution >= 4 is 30.7 Å². The predicted octanol–water partition coefficient (Wildman–Crippen LogP) is 2.38. The molecule has 0 spiro atoms. The van der Waals surface area contributed by atoms with Crippen LogP contribution in [0, 0.1) is 5.41 Å². The van der Waals surface area contributed by atoms with Crippen molar-refractivity contribution < 1.29 is 14.3 Å². The molecule has 8 heteroatoms. The van der Waals surface area contributed by atoms with Gasteiger partial charge in [-0.1, -0.05) is 44.2 Å². The first-order valence-corrected chi connectivity index (χ1v) is 9.93. The number of halogens is 2. The Morgan fingerprint density at radius 1 is 1.31 bits per heavy atom. The van der Waals surface area contributed by atoms with Crippen LogP contribution in [-0.2, 0) is 20.8 Å². The van der Waals surface area contributed by atoms with Crippen LogP contribution in [-0.4, -0.2) is 61.4 Å². The number of nitrogens with one attached hydrogen (secondary N) is 1. The molecule has 1 aliphatic heterocycles. The number of nitrogens with zero attached hydrogens (tertiary/aromatic N) is 1. The van der Waals surface area contributed by atoms with Crippen molar-refractivity contribution in [2.45, 2.75) is 51.5 Å². The smallest absolute Gasteiger partial charge is 0.240 e. The Balaban J connectivity index is 0.00000210. The van der Waals surface area contributed by atoms with Gasteiger partial charge in [-0.3, -0.25) is 9.69 Å². The third kappa shape index (κ3) is 5.63. The second-order valence-electron chi connectivity index (χ2n) is 8.26. The van der Waals surface area contributed by atoms with Gasteiger partial charge in [-0.05, 0) is 12.5 Å². The lowest BCUT2D eigenvalue weighted by atomic mass is 9.54. The van der Waals surface area contributed by atoms with E-state index >= 15 is 0 Å². The summed E-state index contributed by atoms with van der Waals surface area (Å²) in [4.78, 5) is 15.1. The van der Waals surface area contributed by atoms with Crippen LogP contribution in [0.2, 0.25) is 0 Å². The molecule has 3 unspecified atom stereocenters. The van der Waals surface area contributed by atoms with Gasteiger partial charge < -0.3 is 20.5 Å². The van der Waals surface area contributed by atoms with E-state index < -0.39 is 5.54 Å². The number of benzene rings is 1. The van der Waals surface area contributed by atoms with Crippen molar-refractivity contribution in [3.8, 4) is 0 Å². The van der Waals surface area contributed by atoms with E-state index in [1.54, 1.807) is 0 Å². The zero-order valence-corrected chi connectivity index (χ0v) is 19.2. The van der Waals surface area contributed by atoms with Crippen LogP contribution in [0.1, 0.15) is 32.8 Å². The molecule has 1 saturated carbocycles. The molecule has 1 aromatic carbocycles. The van der Waals surface area contributed by atoms with Crippen molar-refractivity contribution in [1.29, 1.82) is 0 Å². The number of amides is 1. The van der Waals surface area contributed by atoms with Gasteiger partial charge in [0.05, 0.1) is 18.8 Å². The van der Waals surface area contributed by atoms with E-state index in [2.05, 4.69) is 34.5 Å². The Hall–Kier alpha value is -0.890. The molecule has 6 nitrogen and oxygen atoms in total. The van der Waals surface area contributed by atoms with Gasteiger partial charge >= 0.3 is 0 Å². The van der Waals surface area contributed by atoms with Gasteiger partial charge in [0, 0.05) is 44.6 Å². The quantitative estimate of drug-likeness (QED) is 0.670. The van der Waals surface area contributed by atoms with Crippen molar-refractivity contribution in [3.05, 3.63) is 35.9 Å². The van der Waals surface area contributed by atoms with E-state index in [-0.39, 0.29) is 48.3 Å². The van der Waals surface area contributed by atoms with Crippen LogP contribution in [0.25, 0.3) is 0 Å². The summed E-state index contributed by atoms with van der Waals surface area (Å²) in [5, 5.41) is 3.03. The number of hydrogen-bond donors (Lipinski definition) is 2. The Morgan fingerprint density at radius 3 is 2.62 bits per heavy atom. The number of morpholine rings is 1. The van der Waals surface area contributed by atoms with E-state index in [0.717, 1.165) is 19.6 Å². The van der Waals surface area contributed by atoms with E-state index in [0.29, 0.717) is 26.2 Å². The summed E-state index contributed by atoms with van der Waals surface area (Å²) in [6.45, 7) is 10.4. The standard InChI is InChI=1S/C21H33N3O3.2ClH/c1-4-26-18-12-21(22,20(18,2)3)19(25)23-13-17-15-24(10-11-27-17)14-16-8-6-5-7-9-16;;/h5-9,17-18H,4,10-15,22H2,1-3H3,(H,23,25);2*1H. The summed E-state index contributed by atoms with van der Waals surface area (Å²) in [5.74, 6) is -0.104. The molecule has 0 aromatic heterocycles. The molecule has 2 aliphatic rings. The Bertz CT molecular complexity index is 647. The average molecular weight is 448 g/mol. The fourth-order valence-corrected chi connectivity index (χ4v) is 4.07. The first-order valence-electron chi connectivity index (χ1n) is 9.93. The highest BCUT2D eigenvalue weighted by Crippen LogP contribution is 2.49. The van der Waals surface area contributed by atoms with Crippen molar-refractivity contribution in [3.63, 3.8) is 0 Å². The van der Waals surface area contributed by atoms with Gasteiger partial charge in [-0.15, -0.1) is 24.8 Å². The normalized spacial score (nSPS) is 28.4. The molecular formula is C21H35Cl2N3O3. The van der Waals surface area contributed by atoms with Crippen LogP contribution in [0.4, 0.5) is 0 Å². The third-order valence-corrected chi connectivity index (χ3v) is 6.20. The summed E-state index contributed by atoms with van der Waals surface area (Å²) in [7, 11) is 0. The fourth-order valence-electron chi connectivity index (χ4n) is 4.07. The average Bonchev–Trinajstić information content (AvgIpc) is 2.67. The largest absolute Gasteiger partial charge is 0.378 e. The van der Waals surface area contributed by atoms with Crippen molar-refractivity contribution in [1.82, 2.24) is 10.2 Å². The summed E-state index contributed by atoms with van der Waals surface area (Å²) in [6, 6.07) is 10.4. The second-order valence-corrected chi connectivity index (χ2v) is 8.26. The molecule has 29 heavy (non-hydrogen) atoms. The maximum absolute atomic E-state index is 12.8. The van der Waals surface area contributed by atoms with Crippen LogP contribution in [0.15, 0.2) is 30.3 Å². The zero-order chi connectivity index (χ0) is 19.5. The molecule has 0 bridgehead atoms. The molecule has 1 aromatic rings. The molecule has 3 atom stereocenters. The van der Waals surface area contributed by atoms with E-state index in [4.69, 9.17) is 15.2 Å². The van der Waals surface area contributed by atoms with E-state index in [9.17, 15) is 4.79 Å². The monoisotopic (exact) mass is 447 g/mol. The fraction of sp³-hybridized carbons (Fsp3) is 0.667. The summed E-state index contributed by atoms with van der Waals surface area (Å²) in [5.41, 5.74) is 6.48. The minimum absolute atomic E-state index is 0. The molecule has 3 rings (SSSR count). The number of hydrogen-bond acceptors (Lipinski definition) is 5. The molecular weight excluding hydrogens is 413 g/mol. The number of carbonyl (C=O) groups excluding carboxylic acids is 1. The Morgan fingerprint density at radius 2 is 2.00 bits per heavy atom. The topological polar surface area (TPSA) is 76.8 Å². The molecule has 1 saturated heterocycles. The molecule has 2 fully saturated rings. The van der Waals surface area contributed by atoms with Crippen molar-refractivity contribution in [2.24, 2.45) is 11.1 Å². The summed E-state index contributed by atoms with van der Waals surface area (Å²) < 4.78 is 11.6. The number of nitrogens with two attached hydrogens (primary N) is 1. The number of rotatable bonds is 7. The highest BCUT2D eigenvalue weighted by molar-refractivity contribution is 5.88. The zero-order valence-electron chi connectivity index (χ0n) is 17.6. The second kappa shape index (κ2) is 10.9. The lowest BCUT2D eigenvalue weighted by molar-refractivity contribution is -0.171. The van der Waals surface area contributed by atoms with Crippen LogP contribution in [0.3, 0.4) is 0 Å². The van der Waals surface area contributed by atoms with Gasteiger partial charge in [0.1, 0.15) is 5.54 Å². The Kier molecular flexibility index (Phi) is 9.86. The van der Waals surface area contributed by atoms with Gasteiger partial charge in [-0.25, -0.2) is 0 Å². The van der Waals surface area contributed by atoms with Crippen LogP contribution in [0.5, 0.6) is 0 Å². The third-order valence-electron chi connectivity index (χ3n) is 6.20. The SMILES string of the molecule is CCOC1CC(N)(C(=O)NCC2CN(Cc3ccccc3)CCO2)C1(C)C.Cl.Cl. The lowest BCUT2D eigenvalue weighted by Crippen LogP contribution is -2.76. The van der Waals surface area contributed by atoms with Gasteiger partial charge in [0.15, 0.2) is 0 Å². The predicted molar refractivity (Wildman–Crippen MR) is 120 cm³/mol. The first kappa shape index (κ1) is 26.1. The molecule has 1 heterocycles. The minimum Gasteiger partial charge on any atom is -0.378 e. The minimum atomic E-state index is -0.884. The number of carbonyl (C=O) groups is 1. The van der Waals surface area contributed by atoms with Crippen molar-refractivity contribution in [2.75, 3.05) is 32.8 Å². The Labute approximate surface area is 186 Å². The number of ether oxygens (including phenoxy) is 2. The molecule has 1 amide bonds. The highest BCUT2D eigenvalue weighted by Gasteiger charge is 2.62. The first-order chi connectivity index (χ1) is 12.9. The maximum Gasteiger partial charge on any atom is 0.240 e. The van der Waals surface area contributed by atoms with Crippen LogP contribution < -0.4 is 11.1 Å². The summed E-state index contributed by atoms with van der Waals surface area (Å²) >= 11 is 0. The van der Waals surface area contributed by atoms with Crippen LogP contribution >= 0.6 is 24.8 Å². The molecule has 0 radical (unpaired) electrons. The lowest BCUT2D eigenvalue weighted by Gasteiger charge is -2.57. The molecule has 3 N–H and O–H groups in total. The summed E-state index contributed by atoms with van der Waals surface area (Å²) in [6.07, 6.45) is 0.581. The molecule has 1 aliphatic carbocycles. The van der Waals surface area contributed by atoms with E-state index in [1.165, 1.54) is 5.56 Å². The highest BCUT2D eigenvalue weighted by atomic mass is 35.5. The van der Waals surface area contributed by atoms with Gasteiger partial charge in [0.2, 0.25) is 5.91 Å². The maximum atomic E-state index is 12.8. The molecule has 166 valence electrons. The van der Waals surface area contributed by atoms with Gasteiger partial charge in [-0.2, -0.15) is 0 Å². The van der Waals surface area contributed by atoms with Gasteiger partial charge in [0.25, 0.3) is 0 Å².